The molecule has 9 heteroatoms. The first-order valence-corrected chi connectivity index (χ1v) is 8.39. The van der Waals surface area contributed by atoms with Crippen molar-refractivity contribution in [2.45, 2.75) is 6.92 Å². The van der Waals surface area contributed by atoms with E-state index in [9.17, 15) is 4.79 Å². The molecule has 25 heavy (non-hydrogen) atoms. The molecule has 128 valence electrons. The summed E-state index contributed by atoms with van der Waals surface area (Å²) < 4.78 is 5.60. The minimum absolute atomic E-state index is 0.338. The highest BCUT2D eigenvalue weighted by Crippen LogP contribution is 2.33. The number of rotatable bonds is 6. The molecule has 0 spiro atoms. The van der Waals surface area contributed by atoms with Crippen molar-refractivity contribution in [2.75, 3.05) is 24.3 Å². The summed E-state index contributed by atoms with van der Waals surface area (Å²) in [5, 5.41) is 14.7. The van der Waals surface area contributed by atoms with E-state index in [1.807, 2.05) is 31.2 Å². The average molecular weight is 356 g/mol. The van der Waals surface area contributed by atoms with Gasteiger partial charge in [0, 0.05) is 19.4 Å². The number of carbonyl (C=O) groups is 1. The van der Waals surface area contributed by atoms with Gasteiger partial charge in [-0.15, -0.1) is 10.2 Å². The van der Waals surface area contributed by atoms with Crippen LogP contribution < -0.4 is 15.4 Å². The van der Waals surface area contributed by atoms with E-state index in [4.69, 9.17) is 4.74 Å². The summed E-state index contributed by atoms with van der Waals surface area (Å²) >= 11 is 1.27. The minimum Gasteiger partial charge on any atom is -0.493 e. The van der Waals surface area contributed by atoms with E-state index >= 15 is 0 Å². The summed E-state index contributed by atoms with van der Waals surface area (Å²) in [6, 6.07) is 7.58. The Bertz CT molecular complexity index is 865. The van der Waals surface area contributed by atoms with E-state index in [1.165, 1.54) is 23.7 Å². The van der Waals surface area contributed by atoms with Gasteiger partial charge in [-0.3, -0.25) is 10.1 Å². The van der Waals surface area contributed by atoms with Crippen molar-refractivity contribution in [2.24, 2.45) is 0 Å². The Hall–Kier alpha value is -3.07. The predicted molar refractivity (Wildman–Crippen MR) is 96.0 cm³/mol. The molecule has 1 amide bonds. The van der Waals surface area contributed by atoms with Gasteiger partial charge in [0.1, 0.15) is 5.75 Å². The second kappa shape index (κ2) is 7.67. The molecule has 0 radical (unpaired) electrons. The number of hydrogen-bond acceptors (Lipinski definition) is 8. The Morgan fingerprint density at radius 1 is 1.20 bits per heavy atom. The van der Waals surface area contributed by atoms with Crippen LogP contribution in [-0.2, 0) is 0 Å². The van der Waals surface area contributed by atoms with Crippen LogP contribution in [0.3, 0.4) is 0 Å². The van der Waals surface area contributed by atoms with E-state index in [0.717, 1.165) is 11.3 Å². The highest BCUT2D eigenvalue weighted by molar-refractivity contribution is 7.18. The number of benzene rings is 1. The topological polar surface area (TPSA) is 102 Å². The van der Waals surface area contributed by atoms with E-state index in [2.05, 4.69) is 30.8 Å². The highest BCUT2D eigenvalue weighted by atomic mass is 32.1. The molecule has 2 aromatic heterocycles. The fraction of sp³-hybridized carbons (Fsp3) is 0.188. The van der Waals surface area contributed by atoms with Crippen molar-refractivity contribution >= 4 is 28.3 Å². The van der Waals surface area contributed by atoms with Gasteiger partial charge in [-0.05, 0) is 19.1 Å². The van der Waals surface area contributed by atoms with Gasteiger partial charge in [-0.2, -0.15) is 0 Å². The zero-order valence-corrected chi connectivity index (χ0v) is 14.5. The average Bonchev–Trinajstić information content (AvgIpc) is 3.11. The summed E-state index contributed by atoms with van der Waals surface area (Å²) in [5.74, 6) is 0.834. The first-order valence-electron chi connectivity index (χ1n) is 7.58. The van der Waals surface area contributed by atoms with Crippen LogP contribution >= 0.6 is 11.3 Å². The van der Waals surface area contributed by atoms with Gasteiger partial charge in [0.15, 0.2) is 5.01 Å². The molecule has 1 aromatic carbocycles. The van der Waals surface area contributed by atoms with Crippen molar-refractivity contribution in [3.05, 3.63) is 42.2 Å². The molecule has 0 bridgehead atoms. The van der Waals surface area contributed by atoms with Crippen LogP contribution in [0.25, 0.3) is 10.6 Å². The van der Waals surface area contributed by atoms with Gasteiger partial charge in [0.05, 0.1) is 17.7 Å². The Labute approximate surface area is 148 Å². The first kappa shape index (κ1) is 16.8. The van der Waals surface area contributed by atoms with E-state index in [1.54, 1.807) is 7.05 Å². The van der Waals surface area contributed by atoms with Gasteiger partial charge in [-0.1, -0.05) is 23.5 Å². The summed E-state index contributed by atoms with van der Waals surface area (Å²) in [6.07, 6.45) is 2.89. The molecular formula is C16H16N6O2S. The monoisotopic (exact) mass is 356 g/mol. The number of carbonyl (C=O) groups excluding carboxylic acids is 1. The van der Waals surface area contributed by atoms with E-state index in [-0.39, 0.29) is 5.91 Å². The Morgan fingerprint density at radius 2 is 1.96 bits per heavy atom. The minimum atomic E-state index is -0.344. The van der Waals surface area contributed by atoms with Crippen LogP contribution in [0.15, 0.2) is 36.7 Å². The molecule has 3 rings (SSSR count). The summed E-state index contributed by atoms with van der Waals surface area (Å²) in [4.78, 5) is 20.3. The SMILES string of the molecule is CCOc1ccccc1-c1nnc(NC(=O)c2cnc(NC)nc2)s1. The number of aromatic nitrogens is 4. The third-order valence-electron chi connectivity index (χ3n) is 3.20. The second-order valence-electron chi connectivity index (χ2n) is 4.84. The zero-order valence-electron chi connectivity index (χ0n) is 13.7. The van der Waals surface area contributed by atoms with Gasteiger partial charge < -0.3 is 10.1 Å². The molecule has 0 fully saturated rings. The molecule has 2 N–H and O–H groups in total. The Balaban J connectivity index is 1.76. The smallest absolute Gasteiger partial charge is 0.260 e. The fourth-order valence-electron chi connectivity index (χ4n) is 2.05. The zero-order chi connectivity index (χ0) is 17.6. The van der Waals surface area contributed by atoms with Crippen molar-refractivity contribution in [1.82, 2.24) is 20.2 Å². The van der Waals surface area contributed by atoms with Crippen LogP contribution in [0, 0.1) is 0 Å². The third kappa shape index (κ3) is 3.89. The van der Waals surface area contributed by atoms with Crippen LogP contribution in [0.1, 0.15) is 17.3 Å². The van der Waals surface area contributed by atoms with E-state index in [0.29, 0.717) is 28.3 Å². The van der Waals surface area contributed by atoms with Crippen LogP contribution in [0.4, 0.5) is 11.1 Å². The van der Waals surface area contributed by atoms with Crippen molar-refractivity contribution in [3.63, 3.8) is 0 Å². The number of para-hydroxylation sites is 1. The number of ether oxygens (including phenoxy) is 1. The predicted octanol–water partition coefficient (Wildman–Crippen LogP) is 2.69. The fourth-order valence-corrected chi connectivity index (χ4v) is 2.82. The third-order valence-corrected chi connectivity index (χ3v) is 4.07. The molecule has 0 aliphatic heterocycles. The van der Waals surface area contributed by atoms with Gasteiger partial charge in [0.25, 0.3) is 5.91 Å². The lowest BCUT2D eigenvalue weighted by molar-refractivity contribution is 0.102. The normalized spacial score (nSPS) is 10.3. The first-order chi connectivity index (χ1) is 12.2. The molecule has 0 saturated carbocycles. The molecule has 0 unspecified atom stereocenters. The lowest BCUT2D eigenvalue weighted by Crippen LogP contribution is -2.13. The van der Waals surface area contributed by atoms with Crippen molar-refractivity contribution < 1.29 is 9.53 Å². The number of hydrogen-bond donors (Lipinski definition) is 2. The van der Waals surface area contributed by atoms with Gasteiger partial charge in [0.2, 0.25) is 11.1 Å². The maximum atomic E-state index is 12.2. The summed E-state index contributed by atoms with van der Waals surface area (Å²) in [7, 11) is 1.71. The number of nitrogens with one attached hydrogen (secondary N) is 2. The van der Waals surface area contributed by atoms with Crippen LogP contribution in [0.2, 0.25) is 0 Å². The van der Waals surface area contributed by atoms with Crippen molar-refractivity contribution in [3.8, 4) is 16.3 Å². The highest BCUT2D eigenvalue weighted by Gasteiger charge is 2.14. The maximum absolute atomic E-state index is 12.2. The number of anilines is 2. The molecule has 8 nitrogen and oxygen atoms in total. The van der Waals surface area contributed by atoms with Crippen LogP contribution in [-0.4, -0.2) is 39.7 Å². The largest absolute Gasteiger partial charge is 0.493 e. The summed E-state index contributed by atoms with van der Waals surface area (Å²) in [6.45, 7) is 2.48. The Kier molecular flexibility index (Phi) is 5.14. The Morgan fingerprint density at radius 3 is 2.68 bits per heavy atom. The number of amides is 1. The quantitative estimate of drug-likeness (QED) is 0.700. The maximum Gasteiger partial charge on any atom is 0.260 e. The lowest BCUT2D eigenvalue weighted by Gasteiger charge is -2.06. The second-order valence-corrected chi connectivity index (χ2v) is 5.82. The molecular weight excluding hydrogens is 340 g/mol. The number of nitrogens with zero attached hydrogens (tertiary/aromatic N) is 4. The molecule has 3 aromatic rings. The molecule has 0 atom stereocenters. The van der Waals surface area contributed by atoms with Crippen LogP contribution in [0.5, 0.6) is 5.75 Å². The summed E-state index contributed by atoms with van der Waals surface area (Å²) in [5.41, 5.74) is 1.18. The van der Waals surface area contributed by atoms with Gasteiger partial charge in [-0.25, -0.2) is 9.97 Å². The molecule has 0 aliphatic carbocycles. The van der Waals surface area contributed by atoms with Crippen molar-refractivity contribution in [1.29, 1.82) is 0 Å². The molecule has 2 heterocycles. The van der Waals surface area contributed by atoms with Gasteiger partial charge >= 0.3 is 0 Å². The molecule has 0 saturated heterocycles. The lowest BCUT2D eigenvalue weighted by atomic mass is 10.2. The standard InChI is InChI=1S/C16H16N6O2S/c1-3-24-12-7-5-4-6-11(12)14-21-22-16(25-14)20-13(23)10-8-18-15(17-2)19-9-10/h4-9H,3H2,1-2H3,(H,17,18,19)(H,20,22,23). The van der Waals surface area contributed by atoms with E-state index < -0.39 is 0 Å². The molecule has 0 aliphatic rings.